The minimum absolute atomic E-state index is 0.224. The Morgan fingerprint density at radius 1 is 0.963 bits per heavy atom. The summed E-state index contributed by atoms with van der Waals surface area (Å²) in [6.07, 6.45) is 1.64. The molecule has 5 nitrogen and oxygen atoms in total. The second kappa shape index (κ2) is 7.91. The lowest BCUT2D eigenvalue weighted by Gasteiger charge is -2.13. The number of aryl methyl sites for hydroxylation is 3. The number of nitrogens with one attached hydrogen (secondary N) is 2. The van der Waals surface area contributed by atoms with Crippen LogP contribution in [0.4, 0.5) is 17.1 Å². The lowest BCUT2D eigenvalue weighted by atomic mass is 10.0. The first-order valence-electron chi connectivity index (χ1n) is 8.72. The standard InChI is InChI=1S/C22H23N3O2/c1-14-10-15(2)21(16(3)11-14)25-22(26)20-9-8-18(13-23-20)24-17-6-5-7-19(12-17)27-4/h5-13,24H,1-4H3,(H,25,26). The molecule has 0 saturated heterocycles. The van der Waals surface area contributed by atoms with Gasteiger partial charge in [-0.3, -0.25) is 4.79 Å². The van der Waals surface area contributed by atoms with Crippen molar-refractivity contribution in [1.29, 1.82) is 0 Å². The van der Waals surface area contributed by atoms with Crippen molar-refractivity contribution in [3.8, 4) is 5.75 Å². The predicted molar refractivity (Wildman–Crippen MR) is 109 cm³/mol. The second-order valence-electron chi connectivity index (χ2n) is 6.52. The largest absolute Gasteiger partial charge is 0.497 e. The minimum atomic E-state index is -0.224. The Balaban J connectivity index is 1.72. The first-order chi connectivity index (χ1) is 13.0. The summed E-state index contributed by atoms with van der Waals surface area (Å²) in [5.74, 6) is 0.547. The van der Waals surface area contributed by atoms with Gasteiger partial charge in [-0.1, -0.05) is 23.8 Å². The Labute approximate surface area is 159 Å². The van der Waals surface area contributed by atoms with Crippen LogP contribution in [0.1, 0.15) is 27.2 Å². The van der Waals surface area contributed by atoms with E-state index in [4.69, 9.17) is 4.74 Å². The van der Waals surface area contributed by atoms with E-state index in [1.807, 2.05) is 51.1 Å². The number of carbonyl (C=O) groups excluding carboxylic acids is 1. The van der Waals surface area contributed by atoms with Crippen LogP contribution in [0.5, 0.6) is 5.75 Å². The quantitative estimate of drug-likeness (QED) is 0.670. The molecule has 1 aromatic heterocycles. The zero-order valence-electron chi connectivity index (χ0n) is 16.0. The molecule has 0 bridgehead atoms. The first kappa shape index (κ1) is 18.5. The highest BCUT2D eigenvalue weighted by Gasteiger charge is 2.11. The number of hydrogen-bond acceptors (Lipinski definition) is 4. The Morgan fingerprint density at radius 2 is 1.70 bits per heavy atom. The third kappa shape index (κ3) is 4.44. The van der Waals surface area contributed by atoms with Crippen LogP contribution in [0.15, 0.2) is 54.7 Å². The summed E-state index contributed by atoms with van der Waals surface area (Å²) in [5, 5.41) is 6.21. The minimum Gasteiger partial charge on any atom is -0.497 e. The third-order valence-corrected chi connectivity index (χ3v) is 4.27. The van der Waals surface area contributed by atoms with E-state index in [-0.39, 0.29) is 5.91 Å². The predicted octanol–water partition coefficient (Wildman–Crippen LogP) is 5.01. The fourth-order valence-electron chi connectivity index (χ4n) is 3.02. The normalized spacial score (nSPS) is 10.4. The molecule has 1 heterocycles. The molecule has 3 aromatic rings. The van der Waals surface area contributed by atoms with E-state index in [1.165, 1.54) is 5.56 Å². The van der Waals surface area contributed by atoms with E-state index < -0.39 is 0 Å². The average molecular weight is 361 g/mol. The van der Waals surface area contributed by atoms with Gasteiger partial charge in [0.15, 0.2) is 0 Å². The van der Waals surface area contributed by atoms with E-state index in [1.54, 1.807) is 19.4 Å². The van der Waals surface area contributed by atoms with Crippen molar-refractivity contribution in [2.75, 3.05) is 17.7 Å². The van der Waals surface area contributed by atoms with Crippen molar-refractivity contribution >= 4 is 23.0 Å². The van der Waals surface area contributed by atoms with E-state index in [9.17, 15) is 4.79 Å². The van der Waals surface area contributed by atoms with E-state index >= 15 is 0 Å². The highest BCUT2D eigenvalue weighted by molar-refractivity contribution is 6.03. The molecule has 0 unspecified atom stereocenters. The van der Waals surface area contributed by atoms with Gasteiger partial charge in [0, 0.05) is 17.4 Å². The number of aromatic nitrogens is 1. The summed E-state index contributed by atoms with van der Waals surface area (Å²) >= 11 is 0. The molecule has 0 fully saturated rings. The Morgan fingerprint density at radius 3 is 2.33 bits per heavy atom. The summed E-state index contributed by atoms with van der Waals surface area (Å²) in [4.78, 5) is 16.8. The van der Waals surface area contributed by atoms with Gasteiger partial charge in [-0.05, 0) is 56.2 Å². The van der Waals surface area contributed by atoms with Gasteiger partial charge in [0.05, 0.1) is 19.0 Å². The molecule has 0 aliphatic heterocycles. The van der Waals surface area contributed by atoms with Gasteiger partial charge in [-0.25, -0.2) is 4.98 Å². The molecule has 0 atom stereocenters. The Hall–Kier alpha value is -3.34. The lowest BCUT2D eigenvalue weighted by Crippen LogP contribution is -2.15. The van der Waals surface area contributed by atoms with Crippen LogP contribution in [-0.2, 0) is 0 Å². The summed E-state index contributed by atoms with van der Waals surface area (Å²) in [5.41, 5.74) is 6.14. The molecule has 0 saturated carbocycles. The van der Waals surface area contributed by atoms with Crippen LogP contribution in [0.2, 0.25) is 0 Å². The Kier molecular flexibility index (Phi) is 5.41. The average Bonchev–Trinajstić information content (AvgIpc) is 2.65. The van der Waals surface area contributed by atoms with Gasteiger partial charge in [-0.2, -0.15) is 0 Å². The number of pyridine rings is 1. The highest BCUT2D eigenvalue weighted by atomic mass is 16.5. The number of nitrogens with zero attached hydrogens (tertiary/aromatic N) is 1. The maximum absolute atomic E-state index is 12.5. The van der Waals surface area contributed by atoms with Gasteiger partial charge in [0.1, 0.15) is 11.4 Å². The number of hydrogen-bond donors (Lipinski definition) is 2. The number of anilines is 3. The van der Waals surface area contributed by atoms with Gasteiger partial charge in [0.2, 0.25) is 0 Å². The maximum atomic E-state index is 12.5. The molecule has 0 aliphatic carbocycles. The van der Waals surface area contributed by atoms with Crippen molar-refractivity contribution < 1.29 is 9.53 Å². The summed E-state index contributed by atoms with van der Waals surface area (Å²) in [6, 6.07) is 15.3. The van der Waals surface area contributed by atoms with Crippen LogP contribution in [0.25, 0.3) is 0 Å². The monoisotopic (exact) mass is 361 g/mol. The molecule has 138 valence electrons. The molecular weight excluding hydrogens is 338 g/mol. The van der Waals surface area contributed by atoms with Crippen LogP contribution >= 0.6 is 0 Å². The molecule has 2 N–H and O–H groups in total. The summed E-state index contributed by atoms with van der Waals surface area (Å²) < 4.78 is 5.22. The lowest BCUT2D eigenvalue weighted by molar-refractivity contribution is 0.102. The van der Waals surface area contributed by atoms with Gasteiger partial charge < -0.3 is 15.4 Å². The fraction of sp³-hybridized carbons (Fsp3) is 0.182. The molecule has 3 rings (SSSR count). The molecule has 5 heteroatoms. The van der Waals surface area contributed by atoms with Crippen LogP contribution < -0.4 is 15.4 Å². The van der Waals surface area contributed by atoms with E-state index in [0.29, 0.717) is 5.69 Å². The van der Waals surface area contributed by atoms with Gasteiger partial charge in [-0.15, -0.1) is 0 Å². The smallest absolute Gasteiger partial charge is 0.274 e. The van der Waals surface area contributed by atoms with E-state index in [2.05, 4.69) is 27.8 Å². The number of ether oxygens (including phenoxy) is 1. The van der Waals surface area contributed by atoms with Gasteiger partial charge >= 0.3 is 0 Å². The van der Waals surface area contributed by atoms with Crippen LogP contribution in [0, 0.1) is 20.8 Å². The zero-order valence-corrected chi connectivity index (χ0v) is 16.0. The number of methoxy groups -OCH3 is 1. The summed E-state index contributed by atoms with van der Waals surface area (Å²) in [6.45, 7) is 6.02. The van der Waals surface area contributed by atoms with Gasteiger partial charge in [0.25, 0.3) is 5.91 Å². The van der Waals surface area contributed by atoms with Crippen LogP contribution in [0.3, 0.4) is 0 Å². The highest BCUT2D eigenvalue weighted by Crippen LogP contribution is 2.23. The van der Waals surface area contributed by atoms with E-state index in [0.717, 1.165) is 33.9 Å². The maximum Gasteiger partial charge on any atom is 0.274 e. The number of benzene rings is 2. The summed E-state index contributed by atoms with van der Waals surface area (Å²) in [7, 11) is 1.63. The Bertz CT molecular complexity index is 943. The van der Waals surface area contributed by atoms with Crippen molar-refractivity contribution in [2.24, 2.45) is 0 Å². The molecule has 0 aliphatic rings. The molecule has 2 aromatic carbocycles. The molecule has 27 heavy (non-hydrogen) atoms. The molecule has 0 radical (unpaired) electrons. The number of carbonyl (C=O) groups is 1. The zero-order chi connectivity index (χ0) is 19.4. The topological polar surface area (TPSA) is 63.2 Å². The first-order valence-corrected chi connectivity index (χ1v) is 8.72. The van der Waals surface area contributed by atoms with Crippen molar-refractivity contribution in [1.82, 2.24) is 4.98 Å². The molecular formula is C22H23N3O2. The number of amides is 1. The number of rotatable bonds is 5. The van der Waals surface area contributed by atoms with Crippen LogP contribution in [-0.4, -0.2) is 18.0 Å². The van der Waals surface area contributed by atoms with Crippen molar-refractivity contribution in [2.45, 2.75) is 20.8 Å². The molecule has 0 spiro atoms. The van der Waals surface area contributed by atoms with Crippen molar-refractivity contribution in [3.63, 3.8) is 0 Å². The third-order valence-electron chi connectivity index (χ3n) is 4.27. The van der Waals surface area contributed by atoms with Crippen molar-refractivity contribution in [3.05, 3.63) is 77.1 Å². The SMILES string of the molecule is COc1cccc(Nc2ccc(C(=O)Nc3c(C)cc(C)cc3C)nc2)c1. The molecule has 1 amide bonds. The fourth-order valence-corrected chi connectivity index (χ4v) is 3.02. The second-order valence-corrected chi connectivity index (χ2v) is 6.52.